The predicted molar refractivity (Wildman–Crippen MR) is 82.9 cm³/mol. The van der Waals surface area contributed by atoms with Gasteiger partial charge in [0.2, 0.25) is 0 Å². The van der Waals surface area contributed by atoms with Crippen molar-refractivity contribution in [1.82, 2.24) is 19.8 Å². The molecule has 0 atom stereocenters. The van der Waals surface area contributed by atoms with Gasteiger partial charge in [0.05, 0.1) is 12.7 Å². The highest BCUT2D eigenvalue weighted by Gasteiger charge is 2.19. The Hall–Kier alpha value is -2.47. The largest absolute Gasteiger partial charge is 0.359 e. The van der Waals surface area contributed by atoms with Gasteiger partial charge in [0.1, 0.15) is 11.5 Å². The number of hydrogen-bond donors (Lipinski definition) is 0. The molecule has 1 aliphatic rings. The van der Waals surface area contributed by atoms with Crippen molar-refractivity contribution in [1.29, 1.82) is 0 Å². The molecule has 0 saturated heterocycles. The molecule has 118 valence electrons. The molecule has 1 aliphatic heterocycles. The van der Waals surface area contributed by atoms with E-state index >= 15 is 0 Å². The van der Waals surface area contributed by atoms with Crippen LogP contribution >= 0.6 is 0 Å². The van der Waals surface area contributed by atoms with Gasteiger partial charge in [-0.1, -0.05) is 11.2 Å². The van der Waals surface area contributed by atoms with Crippen LogP contribution in [0.3, 0.4) is 0 Å². The predicted octanol–water partition coefficient (Wildman–Crippen LogP) is 2.77. The number of rotatable bonds is 3. The molecule has 3 heterocycles. The van der Waals surface area contributed by atoms with Gasteiger partial charge >= 0.3 is 0 Å². The third kappa shape index (κ3) is 2.90. The van der Waals surface area contributed by atoms with E-state index in [9.17, 15) is 4.39 Å². The Bertz CT molecular complexity index is 839. The van der Waals surface area contributed by atoms with Gasteiger partial charge in [-0.3, -0.25) is 9.58 Å². The van der Waals surface area contributed by atoms with E-state index in [1.54, 1.807) is 16.9 Å². The van der Waals surface area contributed by atoms with Gasteiger partial charge in [-0.25, -0.2) is 4.39 Å². The van der Waals surface area contributed by atoms with Gasteiger partial charge in [0.25, 0.3) is 0 Å². The summed E-state index contributed by atoms with van der Waals surface area (Å²) in [4.78, 5) is 2.25. The monoisotopic (exact) mass is 312 g/mol. The lowest BCUT2D eigenvalue weighted by Gasteiger charge is -2.27. The third-order valence-corrected chi connectivity index (χ3v) is 4.20. The molecule has 23 heavy (non-hydrogen) atoms. The second-order valence-electron chi connectivity index (χ2n) is 5.95. The van der Waals surface area contributed by atoms with Crippen LogP contribution in [0.25, 0.3) is 11.3 Å². The second-order valence-corrected chi connectivity index (χ2v) is 5.95. The van der Waals surface area contributed by atoms with Crippen molar-refractivity contribution in [2.45, 2.75) is 19.5 Å². The summed E-state index contributed by atoms with van der Waals surface area (Å²) in [6, 6.07) is 6.99. The molecule has 0 saturated carbocycles. The maximum absolute atomic E-state index is 13.4. The molecule has 3 aromatic rings. The third-order valence-electron chi connectivity index (χ3n) is 4.20. The van der Waals surface area contributed by atoms with Crippen LogP contribution in [0.15, 0.2) is 41.2 Å². The van der Waals surface area contributed by atoms with Gasteiger partial charge in [-0.05, 0) is 29.7 Å². The Morgan fingerprint density at radius 3 is 3.00 bits per heavy atom. The SMILES string of the molecule is Cn1cc(-c2cc(CN3CCc4ccc(F)cc4C3)on2)cn1. The van der Waals surface area contributed by atoms with E-state index in [4.69, 9.17) is 4.52 Å². The number of aryl methyl sites for hydroxylation is 1. The zero-order chi connectivity index (χ0) is 15.8. The Balaban J connectivity index is 1.48. The molecule has 0 fully saturated rings. The fourth-order valence-corrected chi connectivity index (χ4v) is 3.02. The molecule has 0 spiro atoms. The van der Waals surface area contributed by atoms with Crippen LogP contribution in [0.2, 0.25) is 0 Å². The van der Waals surface area contributed by atoms with Crippen molar-refractivity contribution in [2.24, 2.45) is 7.05 Å². The average molecular weight is 312 g/mol. The standard InChI is InChI=1S/C17H17FN4O/c1-21-9-14(8-19-21)17-7-16(23-20-17)11-22-5-4-12-2-3-15(18)6-13(12)10-22/h2-3,6-9H,4-5,10-11H2,1H3. The summed E-state index contributed by atoms with van der Waals surface area (Å²) in [7, 11) is 1.87. The van der Waals surface area contributed by atoms with E-state index in [1.165, 1.54) is 11.6 Å². The summed E-state index contributed by atoms with van der Waals surface area (Å²) in [6.07, 6.45) is 4.60. The first-order valence-electron chi connectivity index (χ1n) is 7.61. The normalized spacial score (nSPS) is 14.9. The highest BCUT2D eigenvalue weighted by atomic mass is 19.1. The number of fused-ring (bicyclic) bond motifs is 1. The lowest BCUT2D eigenvalue weighted by atomic mass is 9.99. The number of aromatic nitrogens is 3. The average Bonchev–Trinajstić information content (AvgIpc) is 3.16. The van der Waals surface area contributed by atoms with Crippen LogP contribution in [0.4, 0.5) is 4.39 Å². The van der Waals surface area contributed by atoms with E-state index in [2.05, 4.69) is 15.2 Å². The molecule has 2 aromatic heterocycles. The molecule has 0 unspecified atom stereocenters. The van der Waals surface area contributed by atoms with Crippen molar-refractivity contribution in [3.8, 4) is 11.3 Å². The summed E-state index contributed by atoms with van der Waals surface area (Å²) >= 11 is 0. The molecule has 0 radical (unpaired) electrons. The lowest BCUT2D eigenvalue weighted by molar-refractivity contribution is 0.215. The summed E-state index contributed by atoms with van der Waals surface area (Å²) in [5.74, 6) is 0.632. The Morgan fingerprint density at radius 1 is 1.26 bits per heavy atom. The Kier molecular flexibility index (Phi) is 3.46. The first-order valence-corrected chi connectivity index (χ1v) is 7.61. The Labute approximate surface area is 133 Å². The molecular formula is C17H17FN4O. The first-order chi connectivity index (χ1) is 11.2. The maximum Gasteiger partial charge on any atom is 0.151 e. The number of nitrogens with zero attached hydrogens (tertiary/aromatic N) is 4. The summed E-state index contributed by atoms with van der Waals surface area (Å²) in [6.45, 7) is 2.33. The van der Waals surface area contributed by atoms with Crippen LogP contribution in [0.1, 0.15) is 16.9 Å². The fourth-order valence-electron chi connectivity index (χ4n) is 3.02. The highest BCUT2D eigenvalue weighted by molar-refractivity contribution is 5.56. The van der Waals surface area contributed by atoms with Crippen molar-refractivity contribution in [3.05, 3.63) is 59.4 Å². The van der Waals surface area contributed by atoms with Crippen molar-refractivity contribution < 1.29 is 8.91 Å². The van der Waals surface area contributed by atoms with E-state index in [0.29, 0.717) is 6.54 Å². The number of benzene rings is 1. The number of halogens is 1. The molecule has 0 aliphatic carbocycles. The van der Waals surface area contributed by atoms with Gasteiger partial charge < -0.3 is 4.52 Å². The van der Waals surface area contributed by atoms with Gasteiger partial charge in [0.15, 0.2) is 5.76 Å². The summed E-state index contributed by atoms with van der Waals surface area (Å²) < 4.78 is 20.6. The van der Waals surface area contributed by atoms with Gasteiger partial charge in [-0.2, -0.15) is 5.10 Å². The van der Waals surface area contributed by atoms with Crippen molar-refractivity contribution in [2.75, 3.05) is 6.54 Å². The molecule has 0 amide bonds. The van der Waals surface area contributed by atoms with Gasteiger partial charge in [0, 0.05) is 38.0 Å². The minimum absolute atomic E-state index is 0.177. The second kappa shape index (κ2) is 5.62. The van der Waals surface area contributed by atoms with E-state index < -0.39 is 0 Å². The van der Waals surface area contributed by atoms with E-state index in [0.717, 1.165) is 42.1 Å². The summed E-state index contributed by atoms with van der Waals surface area (Å²) in [5, 5.41) is 8.25. The minimum atomic E-state index is -0.177. The van der Waals surface area contributed by atoms with Crippen LogP contribution in [0, 0.1) is 5.82 Å². The molecule has 0 N–H and O–H groups in total. The molecule has 4 rings (SSSR count). The molecular weight excluding hydrogens is 295 g/mol. The number of hydrogen-bond acceptors (Lipinski definition) is 4. The molecule has 0 bridgehead atoms. The first kappa shape index (κ1) is 14.1. The minimum Gasteiger partial charge on any atom is -0.359 e. The van der Waals surface area contributed by atoms with Crippen LogP contribution in [0.5, 0.6) is 0 Å². The quantitative estimate of drug-likeness (QED) is 0.746. The van der Waals surface area contributed by atoms with E-state index in [-0.39, 0.29) is 5.82 Å². The van der Waals surface area contributed by atoms with E-state index in [1.807, 2.05) is 25.4 Å². The van der Waals surface area contributed by atoms with Crippen LogP contribution in [-0.4, -0.2) is 26.4 Å². The van der Waals surface area contributed by atoms with Crippen LogP contribution in [-0.2, 0) is 26.6 Å². The smallest absolute Gasteiger partial charge is 0.151 e. The zero-order valence-electron chi connectivity index (χ0n) is 12.9. The molecule has 6 heteroatoms. The Morgan fingerprint density at radius 2 is 2.17 bits per heavy atom. The van der Waals surface area contributed by atoms with Crippen LogP contribution < -0.4 is 0 Å². The topological polar surface area (TPSA) is 47.1 Å². The molecule has 5 nitrogen and oxygen atoms in total. The van der Waals surface area contributed by atoms with Crippen molar-refractivity contribution >= 4 is 0 Å². The maximum atomic E-state index is 13.4. The molecule has 1 aromatic carbocycles. The van der Waals surface area contributed by atoms with Gasteiger partial charge in [-0.15, -0.1) is 0 Å². The summed E-state index contributed by atoms with van der Waals surface area (Å²) in [5.41, 5.74) is 4.02. The fraction of sp³-hybridized carbons (Fsp3) is 0.294. The lowest BCUT2D eigenvalue weighted by Crippen LogP contribution is -2.29. The van der Waals surface area contributed by atoms with Crippen molar-refractivity contribution in [3.63, 3.8) is 0 Å². The zero-order valence-corrected chi connectivity index (χ0v) is 12.9. The highest BCUT2D eigenvalue weighted by Crippen LogP contribution is 2.23.